The fourth-order valence-electron chi connectivity index (χ4n) is 3.05. The van der Waals surface area contributed by atoms with Crippen LogP contribution in [-0.2, 0) is 0 Å². The van der Waals surface area contributed by atoms with E-state index in [-0.39, 0.29) is 11.7 Å². The van der Waals surface area contributed by atoms with Crippen molar-refractivity contribution in [2.75, 3.05) is 0 Å². The van der Waals surface area contributed by atoms with Crippen molar-refractivity contribution in [2.24, 2.45) is 0 Å². The van der Waals surface area contributed by atoms with E-state index in [1.165, 1.54) is 12.1 Å². The predicted molar refractivity (Wildman–Crippen MR) is 99.3 cm³/mol. The molecule has 0 aliphatic heterocycles. The first-order valence-corrected chi connectivity index (χ1v) is 8.33. The van der Waals surface area contributed by atoms with Crippen LogP contribution in [0.2, 0.25) is 0 Å². The minimum absolute atomic E-state index is 0.100. The Morgan fingerprint density at radius 2 is 1.72 bits per heavy atom. The summed E-state index contributed by atoms with van der Waals surface area (Å²) in [7, 11) is 0. The average molecular weight is 333 g/mol. The van der Waals surface area contributed by atoms with Crippen LogP contribution in [0, 0.1) is 12.7 Å². The third-order valence-corrected chi connectivity index (χ3v) is 4.30. The lowest BCUT2D eigenvalue weighted by atomic mass is 9.91. The molecule has 3 rings (SSSR count). The number of halogens is 1. The number of carbonyl (C=O) groups excluding carboxylic acids is 1. The predicted octanol–water partition coefficient (Wildman–Crippen LogP) is 5.80. The standard InChI is InChI=1S/C22H20FNO/c1-14(2)22-20(13-25)19(18-10-9-17(23)11-15(18)3)12-21(24-22)16-7-5-4-6-8-16/h4-14H,1-3H3. The fourth-order valence-corrected chi connectivity index (χ4v) is 3.05. The van der Waals surface area contributed by atoms with Gasteiger partial charge in [-0.3, -0.25) is 9.78 Å². The van der Waals surface area contributed by atoms with E-state index in [1.54, 1.807) is 6.07 Å². The van der Waals surface area contributed by atoms with Crippen LogP contribution in [0.25, 0.3) is 22.4 Å². The molecular formula is C22H20FNO. The number of carbonyl (C=O) groups is 1. The van der Waals surface area contributed by atoms with Crippen LogP contribution in [0.5, 0.6) is 0 Å². The van der Waals surface area contributed by atoms with Crippen molar-refractivity contribution in [1.29, 1.82) is 0 Å². The first-order valence-electron chi connectivity index (χ1n) is 8.33. The normalized spacial score (nSPS) is 10.9. The van der Waals surface area contributed by atoms with Crippen molar-refractivity contribution < 1.29 is 9.18 Å². The summed E-state index contributed by atoms with van der Waals surface area (Å²) < 4.78 is 13.5. The number of hydrogen-bond donors (Lipinski definition) is 0. The molecule has 126 valence electrons. The van der Waals surface area contributed by atoms with Crippen molar-refractivity contribution in [2.45, 2.75) is 26.7 Å². The van der Waals surface area contributed by atoms with E-state index in [0.717, 1.165) is 39.9 Å². The summed E-state index contributed by atoms with van der Waals surface area (Å²) in [6.45, 7) is 5.89. The molecule has 0 bridgehead atoms. The second kappa shape index (κ2) is 6.98. The Hall–Kier alpha value is -2.81. The second-order valence-corrected chi connectivity index (χ2v) is 6.45. The molecule has 0 amide bonds. The highest BCUT2D eigenvalue weighted by Gasteiger charge is 2.18. The van der Waals surface area contributed by atoms with Crippen LogP contribution < -0.4 is 0 Å². The highest BCUT2D eigenvalue weighted by atomic mass is 19.1. The third kappa shape index (κ3) is 3.36. The van der Waals surface area contributed by atoms with E-state index >= 15 is 0 Å². The lowest BCUT2D eigenvalue weighted by Gasteiger charge is -2.17. The molecule has 0 fully saturated rings. The number of aryl methyl sites for hydroxylation is 1. The number of nitrogens with zero attached hydrogens (tertiary/aromatic N) is 1. The molecule has 3 aromatic rings. The van der Waals surface area contributed by atoms with Gasteiger partial charge in [0.15, 0.2) is 6.29 Å². The van der Waals surface area contributed by atoms with E-state index < -0.39 is 0 Å². The Labute approximate surface area is 147 Å². The molecule has 2 aromatic carbocycles. The summed E-state index contributed by atoms with van der Waals surface area (Å²) >= 11 is 0. The molecule has 1 aromatic heterocycles. The number of benzene rings is 2. The topological polar surface area (TPSA) is 30.0 Å². The van der Waals surface area contributed by atoms with Gasteiger partial charge in [-0.25, -0.2) is 4.39 Å². The number of rotatable bonds is 4. The van der Waals surface area contributed by atoms with Gasteiger partial charge in [0.05, 0.1) is 11.4 Å². The van der Waals surface area contributed by atoms with Gasteiger partial charge >= 0.3 is 0 Å². The molecule has 0 atom stereocenters. The molecule has 0 spiro atoms. The molecule has 0 aliphatic carbocycles. The number of pyridine rings is 1. The van der Waals surface area contributed by atoms with E-state index in [9.17, 15) is 9.18 Å². The molecule has 0 radical (unpaired) electrons. The van der Waals surface area contributed by atoms with Gasteiger partial charge in [0.2, 0.25) is 0 Å². The Morgan fingerprint density at radius 3 is 2.32 bits per heavy atom. The van der Waals surface area contributed by atoms with Crippen LogP contribution in [-0.4, -0.2) is 11.3 Å². The molecule has 0 N–H and O–H groups in total. The van der Waals surface area contributed by atoms with Gasteiger partial charge in [0.25, 0.3) is 0 Å². The molecule has 0 saturated carbocycles. The Kier molecular flexibility index (Phi) is 4.75. The van der Waals surface area contributed by atoms with E-state index in [0.29, 0.717) is 5.56 Å². The highest BCUT2D eigenvalue weighted by molar-refractivity contribution is 5.91. The molecule has 2 nitrogen and oxygen atoms in total. The van der Waals surface area contributed by atoms with Crippen LogP contribution in [0.1, 0.15) is 41.4 Å². The van der Waals surface area contributed by atoms with Crippen molar-refractivity contribution in [1.82, 2.24) is 4.98 Å². The quantitative estimate of drug-likeness (QED) is 0.565. The van der Waals surface area contributed by atoms with E-state index in [2.05, 4.69) is 0 Å². The van der Waals surface area contributed by atoms with Crippen molar-refractivity contribution in [3.05, 3.63) is 77.2 Å². The monoisotopic (exact) mass is 333 g/mol. The van der Waals surface area contributed by atoms with Gasteiger partial charge in [-0.15, -0.1) is 0 Å². The summed E-state index contributed by atoms with van der Waals surface area (Å²) in [6, 6.07) is 16.4. The lowest BCUT2D eigenvalue weighted by molar-refractivity contribution is 0.112. The van der Waals surface area contributed by atoms with Gasteiger partial charge in [0.1, 0.15) is 5.82 Å². The number of aldehydes is 1. The van der Waals surface area contributed by atoms with Crippen LogP contribution in [0.3, 0.4) is 0 Å². The average Bonchev–Trinajstić information content (AvgIpc) is 2.61. The molecule has 0 saturated heterocycles. The molecule has 3 heteroatoms. The first-order chi connectivity index (χ1) is 12.0. The Balaban J connectivity index is 2.32. The smallest absolute Gasteiger partial charge is 0.152 e. The molecular weight excluding hydrogens is 313 g/mol. The van der Waals surface area contributed by atoms with Gasteiger partial charge in [-0.05, 0) is 47.7 Å². The largest absolute Gasteiger partial charge is 0.298 e. The zero-order chi connectivity index (χ0) is 18.0. The van der Waals surface area contributed by atoms with Gasteiger partial charge < -0.3 is 0 Å². The Bertz CT molecular complexity index is 917. The van der Waals surface area contributed by atoms with E-state index in [4.69, 9.17) is 4.98 Å². The maximum atomic E-state index is 13.5. The maximum absolute atomic E-state index is 13.5. The van der Waals surface area contributed by atoms with Crippen LogP contribution in [0.4, 0.5) is 4.39 Å². The highest BCUT2D eigenvalue weighted by Crippen LogP contribution is 2.34. The van der Waals surface area contributed by atoms with E-state index in [1.807, 2.05) is 57.2 Å². The van der Waals surface area contributed by atoms with Crippen molar-refractivity contribution >= 4 is 6.29 Å². The SMILES string of the molecule is Cc1cc(F)ccc1-c1cc(-c2ccccc2)nc(C(C)C)c1C=O. The van der Waals surface area contributed by atoms with Crippen LogP contribution in [0.15, 0.2) is 54.6 Å². The maximum Gasteiger partial charge on any atom is 0.152 e. The minimum Gasteiger partial charge on any atom is -0.298 e. The molecule has 1 heterocycles. The summed E-state index contributed by atoms with van der Waals surface area (Å²) in [5.41, 5.74) is 5.58. The summed E-state index contributed by atoms with van der Waals surface area (Å²) in [5, 5.41) is 0. The third-order valence-electron chi connectivity index (χ3n) is 4.30. The van der Waals surface area contributed by atoms with Crippen LogP contribution >= 0.6 is 0 Å². The Morgan fingerprint density at radius 1 is 1.00 bits per heavy atom. The summed E-state index contributed by atoms with van der Waals surface area (Å²) in [4.78, 5) is 16.6. The zero-order valence-corrected chi connectivity index (χ0v) is 14.6. The van der Waals surface area contributed by atoms with Gasteiger partial charge in [-0.2, -0.15) is 0 Å². The van der Waals surface area contributed by atoms with Gasteiger partial charge in [0, 0.05) is 11.1 Å². The van der Waals surface area contributed by atoms with Crippen molar-refractivity contribution in [3.8, 4) is 22.4 Å². The zero-order valence-electron chi connectivity index (χ0n) is 14.6. The summed E-state index contributed by atoms with van der Waals surface area (Å²) in [5.74, 6) is -0.182. The number of aromatic nitrogens is 1. The minimum atomic E-state index is -0.282. The molecule has 25 heavy (non-hydrogen) atoms. The van der Waals surface area contributed by atoms with Gasteiger partial charge in [-0.1, -0.05) is 50.2 Å². The second-order valence-electron chi connectivity index (χ2n) is 6.45. The lowest BCUT2D eigenvalue weighted by Crippen LogP contribution is -2.04. The molecule has 0 unspecified atom stereocenters. The number of hydrogen-bond acceptors (Lipinski definition) is 2. The summed E-state index contributed by atoms with van der Waals surface area (Å²) in [6.07, 6.45) is 0.856. The fraction of sp³-hybridized carbons (Fsp3) is 0.182. The molecule has 0 aliphatic rings. The van der Waals surface area contributed by atoms with Crippen molar-refractivity contribution in [3.63, 3.8) is 0 Å². The first kappa shape index (κ1) is 17.0.